The van der Waals surface area contributed by atoms with Crippen molar-refractivity contribution in [3.8, 4) is 0 Å². The van der Waals surface area contributed by atoms with Crippen LogP contribution in [0, 0.1) is 0 Å². The van der Waals surface area contributed by atoms with Crippen molar-refractivity contribution in [2.45, 2.75) is 334 Å². The Kier molecular flexibility index (Phi) is 53.3. The van der Waals surface area contributed by atoms with Gasteiger partial charge in [0.15, 0.2) is 0 Å². The smallest absolute Gasteiger partial charge is 0.249 e. The van der Waals surface area contributed by atoms with Gasteiger partial charge in [0.1, 0.15) is 12.2 Å². The summed E-state index contributed by atoms with van der Waals surface area (Å²) in [5.41, 5.74) is 0. The van der Waals surface area contributed by atoms with E-state index in [0.717, 1.165) is 44.9 Å². The number of hydrogen-bond acceptors (Lipinski definition) is 5. The second-order valence-corrected chi connectivity index (χ2v) is 20.3. The minimum atomic E-state index is -1.28. The van der Waals surface area contributed by atoms with Crippen LogP contribution in [0.15, 0.2) is 36.5 Å². The molecule has 0 aromatic heterocycles. The van der Waals surface area contributed by atoms with E-state index in [1.54, 1.807) is 0 Å². The van der Waals surface area contributed by atoms with Gasteiger partial charge in [0, 0.05) is 0 Å². The van der Waals surface area contributed by atoms with Gasteiger partial charge in [-0.15, -0.1) is 0 Å². The third-order valence-corrected chi connectivity index (χ3v) is 13.8. The van der Waals surface area contributed by atoms with Crippen LogP contribution in [0.4, 0.5) is 0 Å². The van der Waals surface area contributed by atoms with Gasteiger partial charge in [0.05, 0.1) is 18.8 Å². The second kappa shape index (κ2) is 54.5. The first-order valence-corrected chi connectivity index (χ1v) is 29.4. The Morgan fingerprint density at radius 3 is 1.00 bits per heavy atom. The van der Waals surface area contributed by atoms with Crippen molar-refractivity contribution in [1.82, 2.24) is 5.32 Å². The van der Waals surface area contributed by atoms with Gasteiger partial charge in [0.2, 0.25) is 5.91 Å². The maximum absolute atomic E-state index is 12.6. The molecule has 0 aliphatic carbocycles. The van der Waals surface area contributed by atoms with Gasteiger partial charge in [0.25, 0.3) is 0 Å². The molecule has 4 atom stereocenters. The number of allylic oxidation sites excluding steroid dienone is 6. The number of aliphatic hydroxyl groups is 4. The predicted molar refractivity (Wildman–Crippen MR) is 288 cm³/mol. The number of carbonyl (C=O) groups excluding carboxylic acids is 1. The van der Waals surface area contributed by atoms with E-state index >= 15 is 0 Å². The number of aliphatic hydroxyl groups excluding tert-OH is 4. The highest BCUT2D eigenvalue weighted by atomic mass is 16.3. The summed E-state index contributed by atoms with van der Waals surface area (Å²) < 4.78 is 0. The van der Waals surface area contributed by atoms with Gasteiger partial charge in [-0.3, -0.25) is 4.79 Å². The lowest BCUT2D eigenvalue weighted by atomic mass is 10.00. The molecule has 0 aliphatic heterocycles. The first kappa shape index (κ1) is 64.5. The minimum Gasteiger partial charge on any atom is -0.394 e. The molecule has 0 aromatic rings. The van der Waals surface area contributed by atoms with Crippen molar-refractivity contribution in [3.63, 3.8) is 0 Å². The molecule has 0 radical (unpaired) electrons. The number of nitrogens with one attached hydrogen (secondary N) is 1. The molecule has 0 rings (SSSR count). The molecule has 0 bridgehead atoms. The molecular weight excluding hydrogens is 815 g/mol. The number of unbranched alkanes of at least 4 members (excludes halogenated alkanes) is 39. The van der Waals surface area contributed by atoms with Crippen LogP contribution in [-0.4, -0.2) is 57.3 Å². The third kappa shape index (κ3) is 47.6. The number of hydrogen-bond donors (Lipinski definition) is 5. The third-order valence-electron chi connectivity index (χ3n) is 13.8. The van der Waals surface area contributed by atoms with Gasteiger partial charge >= 0.3 is 0 Å². The van der Waals surface area contributed by atoms with Gasteiger partial charge in [-0.25, -0.2) is 0 Å². The van der Waals surface area contributed by atoms with Crippen LogP contribution in [0.3, 0.4) is 0 Å². The Hall–Kier alpha value is -1.47. The monoisotopic (exact) mass is 930 g/mol. The molecule has 390 valence electrons. The van der Waals surface area contributed by atoms with E-state index in [1.807, 2.05) is 0 Å². The Labute approximate surface area is 411 Å². The van der Waals surface area contributed by atoms with E-state index in [9.17, 15) is 25.2 Å². The molecule has 66 heavy (non-hydrogen) atoms. The highest BCUT2D eigenvalue weighted by Crippen LogP contribution is 2.17. The minimum absolute atomic E-state index is 0.364. The van der Waals surface area contributed by atoms with Crippen LogP contribution >= 0.6 is 0 Å². The van der Waals surface area contributed by atoms with Crippen LogP contribution in [0.25, 0.3) is 0 Å². The summed E-state index contributed by atoms with van der Waals surface area (Å²) in [4.78, 5) is 12.6. The fourth-order valence-corrected chi connectivity index (χ4v) is 9.20. The lowest BCUT2D eigenvalue weighted by Crippen LogP contribution is -2.53. The zero-order chi connectivity index (χ0) is 48.1. The topological polar surface area (TPSA) is 110 Å². The Bertz CT molecular complexity index is 1040. The summed E-state index contributed by atoms with van der Waals surface area (Å²) in [6, 6.07) is -1.00. The van der Waals surface area contributed by atoms with Gasteiger partial charge in [-0.2, -0.15) is 0 Å². The molecule has 6 nitrogen and oxygen atoms in total. The zero-order valence-electron chi connectivity index (χ0n) is 44.2. The van der Waals surface area contributed by atoms with Crippen molar-refractivity contribution in [3.05, 3.63) is 36.5 Å². The lowest BCUT2D eigenvalue weighted by Gasteiger charge is -2.27. The number of carbonyl (C=O) groups is 1. The highest BCUT2D eigenvalue weighted by Gasteiger charge is 2.28. The standard InChI is InChI=1S/C60H115NO5/c1-3-5-7-9-11-13-15-17-19-21-22-23-24-25-26-27-28-29-30-31-32-33-34-35-36-37-38-40-42-44-46-48-50-52-54-58(64)60(66)61-56(55-62)59(65)57(63)53-51-49-47-45-43-41-39-20-18-16-14-12-10-8-6-4-2/h24-25,27-28,45,47,56-59,62-65H,3-23,26,29-44,46,48-55H2,1-2H3,(H,61,66)/b25-24-,28-27-,47-45+. The molecule has 0 heterocycles. The SMILES string of the molecule is CCCCCCCCCCCCC/C=C\C/C=C\CCCCCCCCCCCCCCCCCCC(O)C(=O)NC(CO)C(O)C(O)CCC/C=C/CCCCCCCCCCCCC. The van der Waals surface area contributed by atoms with E-state index < -0.39 is 36.9 Å². The average Bonchev–Trinajstić information content (AvgIpc) is 3.32. The molecule has 6 heteroatoms. The first-order valence-electron chi connectivity index (χ1n) is 29.4. The molecule has 1 amide bonds. The van der Waals surface area contributed by atoms with Crippen LogP contribution in [0.1, 0.15) is 309 Å². The van der Waals surface area contributed by atoms with E-state index in [2.05, 4.69) is 55.6 Å². The van der Waals surface area contributed by atoms with Crippen LogP contribution in [0.5, 0.6) is 0 Å². The molecule has 0 saturated carbocycles. The van der Waals surface area contributed by atoms with E-state index in [1.165, 1.54) is 238 Å². The molecule has 0 aliphatic rings. The van der Waals surface area contributed by atoms with Crippen molar-refractivity contribution in [1.29, 1.82) is 0 Å². The summed E-state index contributed by atoms with van der Waals surface area (Å²) >= 11 is 0. The maximum atomic E-state index is 12.6. The van der Waals surface area contributed by atoms with Gasteiger partial charge in [-0.1, -0.05) is 275 Å². The molecule has 0 aromatic carbocycles. The molecule has 0 spiro atoms. The molecule has 0 fully saturated rings. The van der Waals surface area contributed by atoms with Crippen molar-refractivity contribution >= 4 is 5.91 Å². The Morgan fingerprint density at radius 2 is 0.667 bits per heavy atom. The molecule has 5 N–H and O–H groups in total. The Morgan fingerprint density at radius 1 is 0.379 bits per heavy atom. The fraction of sp³-hybridized carbons (Fsp3) is 0.883. The fourth-order valence-electron chi connectivity index (χ4n) is 9.20. The van der Waals surface area contributed by atoms with E-state index in [-0.39, 0.29) is 0 Å². The molecule has 0 saturated heterocycles. The number of amides is 1. The summed E-state index contributed by atoms with van der Waals surface area (Å²) in [6.07, 6.45) is 68.0. The molecule has 4 unspecified atom stereocenters. The van der Waals surface area contributed by atoms with Crippen molar-refractivity contribution in [2.75, 3.05) is 6.61 Å². The van der Waals surface area contributed by atoms with Crippen LogP contribution in [0.2, 0.25) is 0 Å². The van der Waals surface area contributed by atoms with Crippen molar-refractivity contribution < 1.29 is 25.2 Å². The Balaban J connectivity index is 3.59. The first-order chi connectivity index (χ1) is 32.5. The predicted octanol–water partition coefficient (Wildman–Crippen LogP) is 17.2. The summed E-state index contributed by atoms with van der Waals surface area (Å²) in [5.74, 6) is -0.590. The molecular formula is C60H115NO5. The quantitative estimate of drug-likeness (QED) is 0.0308. The maximum Gasteiger partial charge on any atom is 0.249 e. The lowest BCUT2D eigenvalue weighted by molar-refractivity contribution is -0.132. The summed E-state index contributed by atoms with van der Waals surface area (Å²) in [6.45, 7) is 4.07. The number of rotatable bonds is 54. The summed E-state index contributed by atoms with van der Waals surface area (Å²) in [7, 11) is 0. The largest absolute Gasteiger partial charge is 0.394 e. The normalized spacial score (nSPS) is 14.0. The van der Waals surface area contributed by atoms with Gasteiger partial charge < -0.3 is 25.7 Å². The second-order valence-electron chi connectivity index (χ2n) is 20.3. The van der Waals surface area contributed by atoms with Crippen LogP contribution < -0.4 is 5.32 Å². The average molecular weight is 931 g/mol. The van der Waals surface area contributed by atoms with E-state index in [0.29, 0.717) is 12.8 Å². The van der Waals surface area contributed by atoms with Crippen molar-refractivity contribution in [2.24, 2.45) is 0 Å². The van der Waals surface area contributed by atoms with Crippen LogP contribution in [-0.2, 0) is 4.79 Å². The van der Waals surface area contributed by atoms with Gasteiger partial charge in [-0.05, 0) is 70.6 Å². The van der Waals surface area contributed by atoms with E-state index in [4.69, 9.17) is 0 Å². The zero-order valence-corrected chi connectivity index (χ0v) is 44.2. The summed E-state index contributed by atoms with van der Waals surface area (Å²) in [5, 5.41) is 43.9. The highest BCUT2D eigenvalue weighted by molar-refractivity contribution is 5.80.